The van der Waals surface area contributed by atoms with Gasteiger partial charge in [-0.1, -0.05) is 0 Å². The summed E-state index contributed by atoms with van der Waals surface area (Å²) in [5, 5.41) is 2.04. The molecule has 0 N–H and O–H groups in total. The Bertz CT molecular complexity index is 536. The van der Waals surface area contributed by atoms with Crippen LogP contribution in [0.15, 0.2) is 0 Å². The average Bonchev–Trinajstić information content (AvgIpc) is 2.71. The van der Waals surface area contributed by atoms with Crippen LogP contribution in [0.5, 0.6) is 0 Å². The number of ketones is 1. The van der Waals surface area contributed by atoms with E-state index in [9.17, 15) is 9.59 Å². The van der Waals surface area contributed by atoms with E-state index in [4.69, 9.17) is 21.2 Å². The molecule has 1 saturated carbocycles. The summed E-state index contributed by atoms with van der Waals surface area (Å²) in [5.74, 6) is -0.0443. The van der Waals surface area contributed by atoms with Gasteiger partial charge < -0.3 is 4.74 Å². The van der Waals surface area contributed by atoms with Crippen molar-refractivity contribution in [2.75, 3.05) is 5.88 Å². The molecule has 2 aliphatic heterocycles. The predicted octanol–water partition coefficient (Wildman–Crippen LogP) is 3.62. The number of alkyl halides is 1. The number of piperidine rings is 1. The van der Waals surface area contributed by atoms with E-state index >= 15 is 0 Å². The first-order chi connectivity index (χ1) is 11.6. The molecule has 0 aromatic carbocycles. The molecule has 1 aliphatic carbocycles. The second-order valence-electron chi connectivity index (χ2n) is 8.97. The Balaban J connectivity index is 1.94. The van der Waals surface area contributed by atoms with Gasteiger partial charge in [0.1, 0.15) is 12.2 Å². The van der Waals surface area contributed by atoms with Crippen molar-refractivity contribution < 1.29 is 19.2 Å². The highest BCUT2D eigenvalue weighted by atomic mass is 35.5. The Hall–Kier alpha value is -0.650. The largest absolute Gasteiger partial charge is 0.459 e. The number of hydrogen-bond acceptors (Lipinski definition) is 5. The van der Waals surface area contributed by atoms with Gasteiger partial charge in [-0.2, -0.15) is 5.06 Å². The number of hydroxylamine groups is 2. The highest BCUT2D eigenvalue weighted by Gasteiger charge is 2.66. The van der Waals surface area contributed by atoms with E-state index in [1.54, 1.807) is 0 Å². The molecule has 0 aromatic rings. The lowest BCUT2D eigenvalue weighted by Gasteiger charge is -2.53. The van der Waals surface area contributed by atoms with Gasteiger partial charge in [-0.3, -0.25) is 14.4 Å². The Morgan fingerprint density at radius 1 is 1.20 bits per heavy atom. The number of carbonyl (C=O) groups excluding carboxylic acids is 2. The smallest absolute Gasteiger partial charge is 0.322 e. The van der Waals surface area contributed by atoms with Gasteiger partial charge in [-0.25, -0.2) is 0 Å². The molecule has 25 heavy (non-hydrogen) atoms. The molecular weight excluding hydrogens is 342 g/mol. The molecule has 0 amide bonds. The molecule has 6 heteroatoms. The summed E-state index contributed by atoms with van der Waals surface area (Å²) in [5.41, 5.74) is -1.49. The van der Waals surface area contributed by atoms with Crippen molar-refractivity contribution in [1.29, 1.82) is 0 Å². The van der Waals surface area contributed by atoms with Crippen molar-refractivity contribution in [2.45, 2.75) is 95.9 Å². The highest BCUT2D eigenvalue weighted by Crippen LogP contribution is 2.50. The second-order valence-corrected chi connectivity index (χ2v) is 9.35. The molecule has 0 radical (unpaired) electrons. The zero-order valence-corrected chi connectivity index (χ0v) is 16.5. The molecule has 142 valence electrons. The molecule has 0 unspecified atom stereocenters. The molecule has 5 nitrogen and oxygen atoms in total. The number of Topliss-reactive ketones (excluding diaryl/α,β-unsaturated/α-hetero) is 1. The fourth-order valence-corrected chi connectivity index (χ4v) is 5.11. The highest BCUT2D eigenvalue weighted by molar-refractivity contribution is 6.17. The summed E-state index contributed by atoms with van der Waals surface area (Å²) < 4.78 is 5.59. The molecule has 0 spiro atoms. The van der Waals surface area contributed by atoms with Crippen molar-refractivity contribution in [3.8, 4) is 0 Å². The van der Waals surface area contributed by atoms with E-state index in [1.165, 1.54) is 0 Å². The van der Waals surface area contributed by atoms with Gasteiger partial charge >= 0.3 is 5.97 Å². The number of fused-ring (bicyclic) bond motifs is 2. The standard InChI is InChI=1S/C19H30ClNO4/c1-17(2)9-5-10-18(3,4)21(17)25-15-13-7-8-14(22)19(15,11-6-12-20)16(23)24-13/h13,15H,5-12H2,1-4H3/t13-,15+,19+/m1/s1. The minimum Gasteiger partial charge on any atom is -0.459 e. The van der Waals surface area contributed by atoms with Crippen LogP contribution in [0.3, 0.4) is 0 Å². The van der Waals surface area contributed by atoms with Crippen LogP contribution in [0.2, 0.25) is 0 Å². The molecule has 3 rings (SSSR count). The van der Waals surface area contributed by atoms with Crippen molar-refractivity contribution >= 4 is 23.4 Å². The van der Waals surface area contributed by atoms with Gasteiger partial charge in [0, 0.05) is 23.4 Å². The summed E-state index contributed by atoms with van der Waals surface area (Å²) in [4.78, 5) is 32.0. The van der Waals surface area contributed by atoms with Gasteiger partial charge in [0.25, 0.3) is 0 Å². The minimum atomic E-state index is -1.18. The third-order valence-electron chi connectivity index (χ3n) is 6.20. The molecule has 2 saturated heterocycles. The lowest BCUT2D eigenvalue weighted by atomic mass is 9.69. The van der Waals surface area contributed by atoms with Crippen LogP contribution < -0.4 is 0 Å². The maximum atomic E-state index is 12.8. The molecule has 0 aromatic heterocycles. The fraction of sp³-hybridized carbons (Fsp3) is 0.895. The molecular formula is C19H30ClNO4. The van der Waals surface area contributed by atoms with Crippen molar-refractivity contribution in [2.24, 2.45) is 5.41 Å². The normalized spacial score (nSPS) is 37.2. The minimum absolute atomic E-state index is 0.0472. The summed E-state index contributed by atoms with van der Waals surface area (Å²) in [6, 6.07) is 0. The number of esters is 1. The zero-order valence-electron chi connectivity index (χ0n) is 15.8. The van der Waals surface area contributed by atoms with E-state index in [-0.39, 0.29) is 23.0 Å². The quantitative estimate of drug-likeness (QED) is 0.419. The third-order valence-corrected chi connectivity index (χ3v) is 6.47. The third kappa shape index (κ3) is 3.02. The Kier molecular flexibility index (Phi) is 4.97. The number of nitrogens with zero attached hydrogens (tertiary/aromatic N) is 1. The topological polar surface area (TPSA) is 55.8 Å². The summed E-state index contributed by atoms with van der Waals surface area (Å²) in [6.45, 7) is 8.65. The van der Waals surface area contributed by atoms with E-state index in [0.717, 1.165) is 19.3 Å². The van der Waals surface area contributed by atoms with Crippen LogP contribution in [-0.2, 0) is 19.2 Å². The van der Waals surface area contributed by atoms with E-state index < -0.39 is 17.5 Å². The van der Waals surface area contributed by atoms with Crippen LogP contribution in [0, 0.1) is 5.41 Å². The number of halogens is 1. The van der Waals surface area contributed by atoms with Crippen LogP contribution in [0.1, 0.15) is 72.6 Å². The summed E-state index contributed by atoms with van der Waals surface area (Å²) in [7, 11) is 0. The van der Waals surface area contributed by atoms with Crippen molar-refractivity contribution in [3.63, 3.8) is 0 Å². The van der Waals surface area contributed by atoms with Gasteiger partial charge in [-0.15, -0.1) is 11.6 Å². The first-order valence-electron chi connectivity index (χ1n) is 9.43. The SMILES string of the molecule is CC1(C)CCCC(C)(C)N1O[C@H]1[C@H]2CCC(=O)[C@]1(CCCCl)C(=O)O2. The van der Waals surface area contributed by atoms with Crippen LogP contribution in [0.25, 0.3) is 0 Å². The van der Waals surface area contributed by atoms with Crippen LogP contribution >= 0.6 is 11.6 Å². The maximum absolute atomic E-state index is 12.8. The number of ether oxygens (including phenoxy) is 1. The molecule has 2 heterocycles. The van der Waals surface area contributed by atoms with Gasteiger partial charge in [-0.05, 0) is 66.2 Å². The van der Waals surface area contributed by atoms with Gasteiger partial charge in [0.05, 0.1) is 0 Å². The lowest BCUT2D eigenvalue weighted by Crippen LogP contribution is -2.63. The van der Waals surface area contributed by atoms with Gasteiger partial charge in [0.15, 0.2) is 11.2 Å². The van der Waals surface area contributed by atoms with Crippen LogP contribution in [-0.4, -0.2) is 46.0 Å². The Morgan fingerprint density at radius 2 is 1.84 bits per heavy atom. The Morgan fingerprint density at radius 3 is 2.44 bits per heavy atom. The number of carbonyl (C=O) groups is 2. The van der Waals surface area contributed by atoms with E-state index in [0.29, 0.717) is 31.6 Å². The second kappa shape index (κ2) is 6.50. The number of hydrogen-bond donors (Lipinski definition) is 0. The molecule has 2 bridgehead atoms. The Labute approximate surface area is 155 Å². The van der Waals surface area contributed by atoms with Crippen molar-refractivity contribution in [3.05, 3.63) is 0 Å². The van der Waals surface area contributed by atoms with E-state index in [2.05, 4.69) is 27.7 Å². The van der Waals surface area contributed by atoms with E-state index in [1.807, 2.05) is 5.06 Å². The monoisotopic (exact) mass is 371 g/mol. The van der Waals surface area contributed by atoms with Crippen LogP contribution in [0.4, 0.5) is 0 Å². The maximum Gasteiger partial charge on any atom is 0.322 e. The predicted molar refractivity (Wildman–Crippen MR) is 95.2 cm³/mol. The summed E-state index contributed by atoms with van der Waals surface area (Å²) in [6.07, 6.45) is 4.23. The van der Waals surface area contributed by atoms with Gasteiger partial charge in [0.2, 0.25) is 0 Å². The molecule has 3 aliphatic rings. The lowest BCUT2D eigenvalue weighted by molar-refractivity contribution is -0.322. The summed E-state index contributed by atoms with van der Waals surface area (Å²) >= 11 is 5.86. The molecule has 3 fully saturated rings. The van der Waals surface area contributed by atoms with Crippen molar-refractivity contribution in [1.82, 2.24) is 5.06 Å². The fourth-order valence-electron chi connectivity index (χ4n) is 4.98. The molecule has 3 atom stereocenters. The average molecular weight is 372 g/mol. The first kappa shape index (κ1) is 19.1. The number of rotatable bonds is 5. The first-order valence-corrected chi connectivity index (χ1v) is 9.96. The zero-order chi connectivity index (χ0) is 18.5.